The minimum atomic E-state index is -3.50. The molecule has 1 aromatic heterocycles. The fourth-order valence-corrected chi connectivity index (χ4v) is 4.86. The summed E-state index contributed by atoms with van der Waals surface area (Å²) in [6.45, 7) is 8.31. The number of benzene rings is 2. The fraction of sp³-hybridized carbons (Fsp3) is 0.304. The highest BCUT2D eigenvalue weighted by Crippen LogP contribution is 2.20. The molecule has 7 nitrogen and oxygen atoms in total. The van der Waals surface area contributed by atoms with E-state index in [1.165, 1.54) is 4.31 Å². The van der Waals surface area contributed by atoms with E-state index in [-0.39, 0.29) is 16.8 Å². The van der Waals surface area contributed by atoms with Gasteiger partial charge in [-0.3, -0.25) is 4.79 Å². The topological polar surface area (TPSA) is 84.3 Å². The molecule has 3 aromatic rings. The Hall–Kier alpha value is -2.97. The molecule has 31 heavy (non-hydrogen) atoms. The van der Waals surface area contributed by atoms with Crippen molar-refractivity contribution >= 4 is 15.9 Å². The third kappa shape index (κ3) is 4.86. The zero-order chi connectivity index (χ0) is 22.6. The molecular formula is C23H28N4O3S. The number of sulfonamides is 1. The lowest BCUT2D eigenvalue weighted by Gasteiger charge is -2.19. The van der Waals surface area contributed by atoms with Crippen molar-refractivity contribution in [3.8, 4) is 5.69 Å². The number of rotatable bonds is 8. The molecule has 0 aliphatic carbocycles. The maximum atomic E-state index is 12.7. The predicted molar refractivity (Wildman–Crippen MR) is 121 cm³/mol. The van der Waals surface area contributed by atoms with Crippen LogP contribution in [0.15, 0.2) is 65.7 Å². The Balaban J connectivity index is 1.69. The first kappa shape index (κ1) is 22.7. The molecule has 0 saturated heterocycles. The largest absolute Gasteiger partial charge is 0.346 e. The van der Waals surface area contributed by atoms with E-state index in [1.807, 2.05) is 45.9 Å². The first-order chi connectivity index (χ1) is 14.8. The van der Waals surface area contributed by atoms with Gasteiger partial charge in [-0.2, -0.15) is 9.40 Å². The van der Waals surface area contributed by atoms with Gasteiger partial charge in [-0.1, -0.05) is 26.0 Å². The predicted octanol–water partition coefficient (Wildman–Crippen LogP) is 3.70. The van der Waals surface area contributed by atoms with Gasteiger partial charge in [-0.25, -0.2) is 13.1 Å². The smallest absolute Gasteiger partial charge is 0.251 e. The molecule has 0 bridgehead atoms. The Kier molecular flexibility index (Phi) is 6.92. The highest BCUT2D eigenvalue weighted by Gasteiger charge is 2.21. The molecule has 0 aliphatic heterocycles. The van der Waals surface area contributed by atoms with Crippen molar-refractivity contribution in [2.45, 2.75) is 38.6 Å². The Bertz CT molecular complexity index is 1130. The van der Waals surface area contributed by atoms with Crippen molar-refractivity contribution in [3.63, 3.8) is 0 Å². The number of carbonyl (C=O) groups excluding carboxylic acids is 1. The van der Waals surface area contributed by atoms with E-state index in [1.54, 1.807) is 47.3 Å². The Morgan fingerprint density at radius 3 is 2.16 bits per heavy atom. The zero-order valence-electron chi connectivity index (χ0n) is 18.2. The van der Waals surface area contributed by atoms with Gasteiger partial charge in [0, 0.05) is 30.5 Å². The lowest BCUT2D eigenvalue weighted by atomic mass is 10.1. The number of nitrogens with zero attached hydrogens (tertiary/aromatic N) is 3. The molecular weight excluding hydrogens is 412 g/mol. The molecule has 1 N–H and O–H groups in total. The van der Waals surface area contributed by atoms with Crippen LogP contribution in [0.1, 0.15) is 48.4 Å². The van der Waals surface area contributed by atoms with Crippen LogP contribution in [0.2, 0.25) is 0 Å². The second-order valence-electron chi connectivity index (χ2n) is 7.28. The summed E-state index contributed by atoms with van der Waals surface area (Å²) in [6, 6.07) is 15.5. The van der Waals surface area contributed by atoms with E-state index in [4.69, 9.17) is 0 Å². The summed E-state index contributed by atoms with van der Waals surface area (Å²) in [5, 5.41) is 7.23. The summed E-state index contributed by atoms with van der Waals surface area (Å²) in [5.41, 5.74) is 3.27. The van der Waals surface area contributed by atoms with Crippen molar-refractivity contribution < 1.29 is 13.2 Å². The molecule has 0 radical (unpaired) electrons. The van der Waals surface area contributed by atoms with Crippen molar-refractivity contribution in [2.24, 2.45) is 0 Å². The summed E-state index contributed by atoms with van der Waals surface area (Å²) in [5.74, 6) is -0.198. The van der Waals surface area contributed by atoms with Crippen molar-refractivity contribution in [2.75, 3.05) is 13.1 Å². The highest BCUT2D eigenvalue weighted by atomic mass is 32.2. The third-order valence-electron chi connectivity index (χ3n) is 5.28. The summed E-state index contributed by atoms with van der Waals surface area (Å²) < 4.78 is 28.5. The monoisotopic (exact) mass is 440 g/mol. The van der Waals surface area contributed by atoms with Gasteiger partial charge in [0.05, 0.1) is 16.6 Å². The average molecular weight is 441 g/mol. The molecule has 1 heterocycles. The molecule has 2 aromatic carbocycles. The van der Waals surface area contributed by atoms with Gasteiger partial charge in [0.25, 0.3) is 5.91 Å². The van der Waals surface area contributed by atoms with Crippen LogP contribution in [0.3, 0.4) is 0 Å². The van der Waals surface area contributed by atoms with Crippen LogP contribution < -0.4 is 5.32 Å². The molecule has 0 aliphatic rings. The van der Waals surface area contributed by atoms with Gasteiger partial charge >= 0.3 is 0 Å². The number of hydrogen-bond acceptors (Lipinski definition) is 4. The summed E-state index contributed by atoms with van der Waals surface area (Å²) in [6.07, 6.45) is 1.73. The van der Waals surface area contributed by atoms with Crippen LogP contribution in [0.5, 0.6) is 0 Å². The second-order valence-corrected chi connectivity index (χ2v) is 9.22. The van der Waals surface area contributed by atoms with Crippen LogP contribution in [-0.2, 0) is 10.0 Å². The van der Waals surface area contributed by atoms with Crippen molar-refractivity contribution in [1.82, 2.24) is 19.4 Å². The van der Waals surface area contributed by atoms with Crippen LogP contribution >= 0.6 is 0 Å². The van der Waals surface area contributed by atoms with Crippen molar-refractivity contribution in [1.29, 1.82) is 0 Å². The summed E-state index contributed by atoms with van der Waals surface area (Å²) >= 11 is 0. The molecule has 164 valence electrons. The standard InChI is InChI=1S/C23H28N4O3S/c1-5-26(6-2)31(29,30)22-13-9-19(10-14-22)18(4)25-23(28)20-7-11-21(12-8-20)27-17(3)15-16-24-27/h7-16,18H,5-6H2,1-4H3,(H,25,28). The maximum absolute atomic E-state index is 12.7. The molecule has 1 atom stereocenters. The van der Waals surface area contributed by atoms with E-state index >= 15 is 0 Å². The lowest BCUT2D eigenvalue weighted by Crippen LogP contribution is -2.30. The minimum Gasteiger partial charge on any atom is -0.346 e. The Morgan fingerprint density at radius 1 is 1.03 bits per heavy atom. The van der Waals surface area contributed by atoms with Crippen molar-refractivity contribution in [3.05, 3.63) is 77.6 Å². The van der Waals surface area contributed by atoms with Gasteiger partial charge in [0.1, 0.15) is 0 Å². The normalized spacial score (nSPS) is 12.7. The zero-order valence-corrected chi connectivity index (χ0v) is 19.1. The number of aromatic nitrogens is 2. The number of amides is 1. The summed E-state index contributed by atoms with van der Waals surface area (Å²) in [7, 11) is -3.50. The molecule has 0 spiro atoms. The van der Waals surface area contributed by atoms with E-state index in [0.29, 0.717) is 18.7 Å². The van der Waals surface area contributed by atoms with Crippen LogP contribution in [0.4, 0.5) is 0 Å². The first-order valence-corrected chi connectivity index (χ1v) is 11.7. The van der Waals surface area contributed by atoms with Crippen LogP contribution in [0.25, 0.3) is 5.69 Å². The van der Waals surface area contributed by atoms with Gasteiger partial charge in [-0.15, -0.1) is 0 Å². The fourth-order valence-electron chi connectivity index (χ4n) is 3.40. The van der Waals surface area contributed by atoms with E-state index in [9.17, 15) is 13.2 Å². The lowest BCUT2D eigenvalue weighted by molar-refractivity contribution is 0.0940. The van der Waals surface area contributed by atoms with Gasteiger partial charge < -0.3 is 5.32 Å². The second kappa shape index (κ2) is 9.45. The van der Waals surface area contributed by atoms with Gasteiger partial charge in [0.15, 0.2) is 0 Å². The SMILES string of the molecule is CCN(CC)S(=O)(=O)c1ccc(C(C)NC(=O)c2ccc(-n3nccc3C)cc2)cc1. The molecule has 1 amide bonds. The van der Waals surface area contributed by atoms with Crippen LogP contribution in [0, 0.1) is 6.92 Å². The maximum Gasteiger partial charge on any atom is 0.251 e. The van der Waals surface area contributed by atoms with Gasteiger partial charge in [0.2, 0.25) is 10.0 Å². The quantitative estimate of drug-likeness (QED) is 0.579. The van der Waals surface area contributed by atoms with E-state index in [2.05, 4.69) is 10.4 Å². The minimum absolute atomic E-state index is 0.198. The number of aryl methyl sites for hydroxylation is 1. The summed E-state index contributed by atoms with van der Waals surface area (Å²) in [4.78, 5) is 12.9. The highest BCUT2D eigenvalue weighted by molar-refractivity contribution is 7.89. The van der Waals surface area contributed by atoms with E-state index < -0.39 is 10.0 Å². The number of hydrogen-bond donors (Lipinski definition) is 1. The first-order valence-electron chi connectivity index (χ1n) is 10.3. The Morgan fingerprint density at radius 2 is 1.65 bits per heavy atom. The molecule has 8 heteroatoms. The molecule has 3 rings (SSSR count). The number of carbonyl (C=O) groups is 1. The third-order valence-corrected chi connectivity index (χ3v) is 7.34. The Labute approximate surface area is 183 Å². The molecule has 0 saturated carbocycles. The van der Waals surface area contributed by atoms with Crippen LogP contribution in [-0.4, -0.2) is 41.5 Å². The number of nitrogens with one attached hydrogen (secondary N) is 1. The molecule has 0 fully saturated rings. The molecule has 1 unspecified atom stereocenters. The van der Waals surface area contributed by atoms with E-state index in [0.717, 1.165) is 16.9 Å². The average Bonchev–Trinajstić information content (AvgIpc) is 3.20. The van der Waals surface area contributed by atoms with Gasteiger partial charge in [-0.05, 0) is 61.9 Å².